The van der Waals surface area contributed by atoms with Crippen molar-refractivity contribution in [3.63, 3.8) is 0 Å². The monoisotopic (exact) mass is 241 g/mol. The van der Waals surface area contributed by atoms with Crippen molar-refractivity contribution in [1.82, 2.24) is 0 Å². The van der Waals surface area contributed by atoms with Crippen LogP contribution in [0.25, 0.3) is 0 Å². The molecule has 0 bridgehead atoms. The summed E-state index contributed by atoms with van der Waals surface area (Å²) in [4.78, 5) is 22.1. The predicted molar refractivity (Wildman–Crippen MR) is 62.2 cm³/mol. The fraction of sp³-hybridized carbons (Fsp3) is 0.273. The largest absolute Gasteiger partial charge is 0.478 e. The van der Waals surface area contributed by atoms with Crippen molar-refractivity contribution in [1.29, 1.82) is 0 Å². The molecule has 0 aliphatic heterocycles. The zero-order chi connectivity index (χ0) is 12.3. The van der Waals surface area contributed by atoms with E-state index in [9.17, 15) is 9.59 Å². The quantitative estimate of drug-likeness (QED) is 0.797. The van der Waals surface area contributed by atoms with E-state index in [4.69, 9.17) is 16.7 Å². The van der Waals surface area contributed by atoms with Gasteiger partial charge in [-0.1, -0.05) is 0 Å². The summed E-state index contributed by atoms with van der Waals surface area (Å²) in [7, 11) is 0. The molecule has 2 N–H and O–H groups in total. The number of anilines is 1. The summed E-state index contributed by atoms with van der Waals surface area (Å²) in [6.07, 6.45) is 0. The molecule has 16 heavy (non-hydrogen) atoms. The van der Waals surface area contributed by atoms with Gasteiger partial charge in [-0.25, -0.2) is 4.79 Å². The molecule has 5 heteroatoms. The molecule has 86 valence electrons. The van der Waals surface area contributed by atoms with Gasteiger partial charge < -0.3 is 10.4 Å². The van der Waals surface area contributed by atoms with Gasteiger partial charge in [-0.2, -0.15) is 0 Å². The van der Waals surface area contributed by atoms with Gasteiger partial charge in [0.2, 0.25) is 5.91 Å². The van der Waals surface area contributed by atoms with Crippen LogP contribution in [0.3, 0.4) is 0 Å². The Bertz CT molecular complexity index is 443. The van der Waals surface area contributed by atoms with Crippen molar-refractivity contribution in [2.45, 2.75) is 13.8 Å². The van der Waals surface area contributed by atoms with Crippen LogP contribution in [0.4, 0.5) is 5.69 Å². The molecular weight excluding hydrogens is 230 g/mol. The number of aryl methyl sites for hydroxylation is 2. The van der Waals surface area contributed by atoms with Gasteiger partial charge in [0, 0.05) is 0 Å². The number of carboxylic acids is 1. The highest BCUT2D eigenvalue weighted by atomic mass is 35.5. The lowest BCUT2D eigenvalue weighted by Gasteiger charge is -2.10. The summed E-state index contributed by atoms with van der Waals surface area (Å²) in [5, 5.41) is 11.4. The molecule has 0 aliphatic carbocycles. The van der Waals surface area contributed by atoms with Crippen LogP contribution in [0.2, 0.25) is 0 Å². The molecule has 1 rings (SSSR count). The molecule has 0 fully saturated rings. The highest BCUT2D eigenvalue weighted by Gasteiger charge is 2.13. The van der Waals surface area contributed by atoms with Gasteiger partial charge in [-0.3, -0.25) is 4.79 Å². The minimum absolute atomic E-state index is 0.0709. The lowest BCUT2D eigenvalue weighted by atomic mass is 10.0. The molecule has 0 spiro atoms. The standard InChI is InChI=1S/C11H12ClNO3/c1-6-3-8(11(15)16)9(4-7(6)2)13-10(14)5-12/h3-4H,5H2,1-2H3,(H,13,14)(H,15,16). The first-order chi connectivity index (χ1) is 7.45. The summed E-state index contributed by atoms with van der Waals surface area (Å²) in [5.41, 5.74) is 2.12. The van der Waals surface area contributed by atoms with Gasteiger partial charge in [-0.15, -0.1) is 11.6 Å². The molecule has 0 atom stereocenters. The maximum Gasteiger partial charge on any atom is 0.337 e. The highest BCUT2D eigenvalue weighted by Crippen LogP contribution is 2.21. The molecule has 4 nitrogen and oxygen atoms in total. The average Bonchev–Trinajstić information content (AvgIpc) is 2.22. The van der Waals surface area contributed by atoms with Crippen molar-refractivity contribution >= 4 is 29.2 Å². The SMILES string of the molecule is Cc1cc(NC(=O)CCl)c(C(=O)O)cc1C. The summed E-state index contributed by atoms with van der Waals surface area (Å²) in [6.45, 7) is 3.66. The number of rotatable bonds is 3. The van der Waals surface area contributed by atoms with Crippen LogP contribution in [0.5, 0.6) is 0 Å². The number of amides is 1. The number of hydrogen-bond acceptors (Lipinski definition) is 2. The molecule has 1 amide bonds. The molecule has 0 aliphatic rings. The number of carbonyl (C=O) groups excluding carboxylic acids is 1. The first-order valence-electron chi connectivity index (χ1n) is 4.66. The van der Waals surface area contributed by atoms with Crippen LogP contribution >= 0.6 is 11.6 Å². The topological polar surface area (TPSA) is 66.4 Å². The second-order valence-electron chi connectivity index (χ2n) is 3.47. The number of hydrogen-bond donors (Lipinski definition) is 2. The Balaban J connectivity index is 3.19. The van der Waals surface area contributed by atoms with Gasteiger partial charge in [0.15, 0.2) is 0 Å². The fourth-order valence-corrected chi connectivity index (χ4v) is 1.35. The maximum absolute atomic E-state index is 11.1. The van der Waals surface area contributed by atoms with Crippen LogP contribution in [-0.2, 0) is 4.79 Å². The number of halogens is 1. The maximum atomic E-state index is 11.1. The Morgan fingerprint density at radius 2 is 1.88 bits per heavy atom. The van der Waals surface area contributed by atoms with E-state index in [1.54, 1.807) is 6.07 Å². The second kappa shape index (κ2) is 4.99. The molecule has 1 aromatic rings. The number of benzene rings is 1. The molecule has 0 heterocycles. The molecule has 0 aromatic heterocycles. The Morgan fingerprint density at radius 1 is 1.31 bits per heavy atom. The van der Waals surface area contributed by atoms with E-state index in [0.29, 0.717) is 0 Å². The summed E-state index contributed by atoms with van der Waals surface area (Å²) < 4.78 is 0. The van der Waals surface area contributed by atoms with Crippen LogP contribution in [0.1, 0.15) is 21.5 Å². The number of alkyl halides is 1. The van der Waals surface area contributed by atoms with Crippen molar-refractivity contribution in [2.75, 3.05) is 11.2 Å². The summed E-state index contributed by atoms with van der Waals surface area (Å²) in [5.74, 6) is -1.70. The molecule has 0 saturated carbocycles. The first-order valence-corrected chi connectivity index (χ1v) is 5.19. The third-order valence-corrected chi connectivity index (χ3v) is 2.50. The normalized spacial score (nSPS) is 9.94. The van der Waals surface area contributed by atoms with Crippen molar-refractivity contribution in [2.24, 2.45) is 0 Å². The zero-order valence-electron chi connectivity index (χ0n) is 9.00. The lowest BCUT2D eigenvalue weighted by Crippen LogP contribution is -2.16. The molecule has 1 aromatic carbocycles. The molecular formula is C11H12ClNO3. The average molecular weight is 242 g/mol. The number of nitrogens with one attached hydrogen (secondary N) is 1. The smallest absolute Gasteiger partial charge is 0.337 e. The molecule has 0 radical (unpaired) electrons. The fourth-order valence-electron chi connectivity index (χ4n) is 1.28. The minimum Gasteiger partial charge on any atom is -0.478 e. The Kier molecular flexibility index (Phi) is 3.90. The van der Waals surface area contributed by atoms with E-state index in [2.05, 4.69) is 5.32 Å². The third kappa shape index (κ3) is 2.73. The van der Waals surface area contributed by atoms with Gasteiger partial charge in [-0.05, 0) is 37.1 Å². The lowest BCUT2D eigenvalue weighted by molar-refractivity contribution is -0.113. The van der Waals surface area contributed by atoms with E-state index in [-0.39, 0.29) is 17.1 Å². The Morgan fingerprint density at radius 3 is 2.38 bits per heavy atom. The number of carbonyl (C=O) groups is 2. The number of aromatic carboxylic acids is 1. The third-order valence-electron chi connectivity index (χ3n) is 2.26. The van der Waals surface area contributed by atoms with Gasteiger partial charge in [0.05, 0.1) is 11.3 Å². The molecule has 0 saturated heterocycles. The number of carboxylic acid groups (broad SMARTS) is 1. The van der Waals surface area contributed by atoms with Crippen molar-refractivity contribution < 1.29 is 14.7 Å². The van der Waals surface area contributed by atoms with Crippen LogP contribution in [0, 0.1) is 13.8 Å². The zero-order valence-corrected chi connectivity index (χ0v) is 9.76. The first kappa shape index (κ1) is 12.5. The highest BCUT2D eigenvalue weighted by molar-refractivity contribution is 6.29. The molecule has 0 unspecified atom stereocenters. The van der Waals surface area contributed by atoms with Gasteiger partial charge in [0.25, 0.3) is 0 Å². The van der Waals surface area contributed by atoms with Crippen LogP contribution in [0.15, 0.2) is 12.1 Å². The van der Waals surface area contributed by atoms with Gasteiger partial charge in [0.1, 0.15) is 5.88 Å². The van der Waals surface area contributed by atoms with Gasteiger partial charge >= 0.3 is 5.97 Å². The summed E-state index contributed by atoms with van der Waals surface area (Å²) in [6, 6.07) is 3.16. The minimum atomic E-state index is -1.08. The second-order valence-corrected chi connectivity index (χ2v) is 3.74. The van der Waals surface area contributed by atoms with E-state index in [1.165, 1.54) is 6.07 Å². The van der Waals surface area contributed by atoms with E-state index >= 15 is 0 Å². The van der Waals surface area contributed by atoms with Crippen LogP contribution < -0.4 is 5.32 Å². The predicted octanol–water partition coefficient (Wildman–Crippen LogP) is 2.18. The summed E-state index contributed by atoms with van der Waals surface area (Å²) >= 11 is 5.35. The van der Waals surface area contributed by atoms with E-state index in [1.807, 2.05) is 13.8 Å². The Labute approximate surface area is 98.2 Å². The Hall–Kier alpha value is -1.55. The van der Waals surface area contributed by atoms with Crippen molar-refractivity contribution in [3.8, 4) is 0 Å². The van der Waals surface area contributed by atoms with Crippen LogP contribution in [-0.4, -0.2) is 22.9 Å². The van der Waals surface area contributed by atoms with E-state index < -0.39 is 11.9 Å². The van der Waals surface area contributed by atoms with Crippen molar-refractivity contribution in [3.05, 3.63) is 28.8 Å². The van der Waals surface area contributed by atoms with E-state index in [0.717, 1.165) is 11.1 Å².